The minimum absolute atomic E-state index is 0.357. The highest BCUT2D eigenvalue weighted by atomic mass is 32.2. The number of nitrogens with zero attached hydrogens (tertiary/aromatic N) is 2. The first-order valence-electron chi connectivity index (χ1n) is 6.11. The van der Waals surface area contributed by atoms with Crippen LogP contribution in [-0.2, 0) is 9.84 Å². The highest BCUT2D eigenvalue weighted by molar-refractivity contribution is 7.90. The summed E-state index contributed by atoms with van der Waals surface area (Å²) >= 11 is 1.49. The summed E-state index contributed by atoms with van der Waals surface area (Å²) in [6.07, 6.45) is 2.19. The van der Waals surface area contributed by atoms with E-state index >= 15 is 0 Å². The number of rotatable bonds is 5. The van der Waals surface area contributed by atoms with E-state index in [1.165, 1.54) is 17.6 Å². The number of thiophene rings is 1. The maximum absolute atomic E-state index is 11.6. The van der Waals surface area contributed by atoms with Gasteiger partial charge in [-0.15, -0.1) is 11.3 Å². The second-order valence-corrected chi connectivity index (χ2v) is 7.73. The minimum atomic E-state index is -3.19. The molecule has 2 aromatic rings. The molecule has 0 radical (unpaired) electrons. The molecule has 0 amide bonds. The van der Waals surface area contributed by atoms with Crippen LogP contribution in [0, 0.1) is 0 Å². The van der Waals surface area contributed by atoms with Gasteiger partial charge < -0.3 is 5.32 Å². The molecule has 104 valence electrons. The predicted octanol–water partition coefficient (Wildman–Crippen LogP) is 2.62. The Morgan fingerprint density at radius 2 is 2.16 bits per heavy atom. The fourth-order valence-electron chi connectivity index (χ4n) is 1.62. The van der Waals surface area contributed by atoms with E-state index in [-0.39, 0.29) is 0 Å². The average Bonchev–Trinajstić information content (AvgIpc) is 2.81. The van der Waals surface area contributed by atoms with Crippen molar-refractivity contribution < 1.29 is 8.42 Å². The molecule has 0 saturated carbocycles. The molecule has 0 saturated heterocycles. The molecule has 2 aromatic heterocycles. The van der Waals surface area contributed by atoms with Gasteiger partial charge in [0.1, 0.15) is 21.7 Å². The summed E-state index contributed by atoms with van der Waals surface area (Å²) in [5, 5.41) is 5.42. The monoisotopic (exact) mass is 299 g/mol. The Kier molecular flexibility index (Phi) is 4.05. The van der Waals surface area contributed by atoms with Gasteiger partial charge in [-0.2, -0.15) is 0 Å². The van der Waals surface area contributed by atoms with E-state index in [0.29, 0.717) is 5.82 Å². The molecule has 0 aliphatic heterocycles. The standard InChI is InChI=1S/C12H17N3O2S2/c1-4-6-13-11-9-5-7-18-12(9)15-10(14-11)8(2)19(3,16)17/h5,7-8H,4,6H2,1-3H3,(H,13,14,15). The van der Waals surface area contributed by atoms with Crippen LogP contribution in [0.2, 0.25) is 0 Å². The van der Waals surface area contributed by atoms with E-state index in [1.807, 2.05) is 11.4 Å². The number of anilines is 1. The van der Waals surface area contributed by atoms with Crippen molar-refractivity contribution in [3.05, 3.63) is 17.3 Å². The van der Waals surface area contributed by atoms with E-state index in [4.69, 9.17) is 0 Å². The van der Waals surface area contributed by atoms with Crippen LogP contribution in [0.5, 0.6) is 0 Å². The summed E-state index contributed by atoms with van der Waals surface area (Å²) in [7, 11) is -3.19. The molecular weight excluding hydrogens is 282 g/mol. The van der Waals surface area contributed by atoms with E-state index in [0.717, 1.165) is 29.0 Å². The van der Waals surface area contributed by atoms with Gasteiger partial charge in [0, 0.05) is 12.8 Å². The van der Waals surface area contributed by atoms with Gasteiger partial charge in [-0.05, 0) is 24.8 Å². The smallest absolute Gasteiger partial charge is 0.157 e. The maximum atomic E-state index is 11.6. The van der Waals surface area contributed by atoms with Gasteiger partial charge >= 0.3 is 0 Å². The number of aromatic nitrogens is 2. The highest BCUT2D eigenvalue weighted by Crippen LogP contribution is 2.28. The van der Waals surface area contributed by atoms with Crippen LogP contribution in [0.3, 0.4) is 0 Å². The van der Waals surface area contributed by atoms with Crippen LogP contribution < -0.4 is 5.32 Å². The Morgan fingerprint density at radius 1 is 1.42 bits per heavy atom. The SMILES string of the molecule is CCCNc1nc(C(C)S(C)(=O)=O)nc2sccc12. The summed E-state index contributed by atoms with van der Waals surface area (Å²) in [5.74, 6) is 1.08. The van der Waals surface area contributed by atoms with Gasteiger partial charge in [0.25, 0.3) is 0 Å². The van der Waals surface area contributed by atoms with Crippen LogP contribution in [0.25, 0.3) is 10.2 Å². The van der Waals surface area contributed by atoms with E-state index in [1.54, 1.807) is 6.92 Å². The van der Waals surface area contributed by atoms with Gasteiger partial charge in [0.15, 0.2) is 9.84 Å². The first-order chi connectivity index (χ1) is 8.93. The zero-order chi connectivity index (χ0) is 14.0. The normalized spacial score (nSPS) is 13.6. The lowest BCUT2D eigenvalue weighted by Gasteiger charge is -2.11. The summed E-state index contributed by atoms with van der Waals surface area (Å²) < 4.78 is 23.3. The lowest BCUT2D eigenvalue weighted by molar-refractivity contribution is 0.589. The third-order valence-electron chi connectivity index (χ3n) is 2.89. The summed E-state index contributed by atoms with van der Waals surface area (Å²) in [6.45, 7) is 4.49. The van der Waals surface area contributed by atoms with E-state index < -0.39 is 15.1 Å². The van der Waals surface area contributed by atoms with Crippen molar-refractivity contribution >= 4 is 37.2 Å². The van der Waals surface area contributed by atoms with Crippen LogP contribution in [0.1, 0.15) is 31.3 Å². The second-order valence-electron chi connectivity index (χ2n) is 4.47. The largest absolute Gasteiger partial charge is 0.369 e. The number of hydrogen-bond donors (Lipinski definition) is 1. The third kappa shape index (κ3) is 3.03. The van der Waals surface area contributed by atoms with Crippen LogP contribution in [-0.4, -0.2) is 31.2 Å². The van der Waals surface area contributed by atoms with Gasteiger partial charge in [0.05, 0.1) is 5.39 Å². The van der Waals surface area contributed by atoms with Crippen molar-refractivity contribution in [2.75, 3.05) is 18.1 Å². The molecule has 1 unspecified atom stereocenters. The Labute approximate surface area is 117 Å². The number of fused-ring (bicyclic) bond motifs is 1. The third-order valence-corrected chi connectivity index (χ3v) is 5.19. The molecule has 0 aliphatic rings. The molecule has 0 aliphatic carbocycles. The van der Waals surface area contributed by atoms with Crippen molar-refractivity contribution in [1.82, 2.24) is 9.97 Å². The average molecular weight is 299 g/mol. The molecule has 19 heavy (non-hydrogen) atoms. The molecule has 0 bridgehead atoms. The number of sulfone groups is 1. The Morgan fingerprint density at radius 3 is 2.79 bits per heavy atom. The van der Waals surface area contributed by atoms with Gasteiger partial charge in [0.2, 0.25) is 0 Å². The van der Waals surface area contributed by atoms with Gasteiger partial charge in [-0.25, -0.2) is 18.4 Å². The zero-order valence-electron chi connectivity index (χ0n) is 11.2. The number of hydrogen-bond acceptors (Lipinski definition) is 6. The van der Waals surface area contributed by atoms with E-state index in [2.05, 4.69) is 22.2 Å². The lowest BCUT2D eigenvalue weighted by Crippen LogP contribution is -2.13. The van der Waals surface area contributed by atoms with Crippen molar-refractivity contribution in [3.63, 3.8) is 0 Å². The minimum Gasteiger partial charge on any atom is -0.369 e. The molecule has 2 rings (SSSR count). The van der Waals surface area contributed by atoms with Gasteiger partial charge in [-0.3, -0.25) is 0 Å². The van der Waals surface area contributed by atoms with Crippen LogP contribution in [0.15, 0.2) is 11.4 Å². The van der Waals surface area contributed by atoms with Crippen molar-refractivity contribution in [2.45, 2.75) is 25.5 Å². The first kappa shape index (κ1) is 14.2. The Bertz CT molecular complexity index is 679. The van der Waals surface area contributed by atoms with Gasteiger partial charge in [-0.1, -0.05) is 6.92 Å². The topological polar surface area (TPSA) is 72.0 Å². The Hall–Kier alpha value is -1.21. The zero-order valence-corrected chi connectivity index (χ0v) is 12.8. The molecule has 0 spiro atoms. The number of nitrogens with one attached hydrogen (secondary N) is 1. The van der Waals surface area contributed by atoms with Crippen LogP contribution >= 0.6 is 11.3 Å². The molecule has 0 fully saturated rings. The van der Waals surface area contributed by atoms with Crippen molar-refractivity contribution in [3.8, 4) is 0 Å². The maximum Gasteiger partial charge on any atom is 0.157 e. The molecular formula is C12H17N3O2S2. The molecule has 2 heterocycles. The second kappa shape index (κ2) is 5.42. The molecule has 1 N–H and O–H groups in total. The Balaban J connectivity index is 2.51. The molecule has 5 nitrogen and oxygen atoms in total. The highest BCUT2D eigenvalue weighted by Gasteiger charge is 2.22. The lowest BCUT2D eigenvalue weighted by atomic mass is 10.3. The molecule has 1 atom stereocenters. The summed E-state index contributed by atoms with van der Waals surface area (Å²) in [6, 6.07) is 1.95. The predicted molar refractivity (Wildman–Crippen MR) is 79.5 cm³/mol. The molecule has 0 aromatic carbocycles. The van der Waals surface area contributed by atoms with E-state index in [9.17, 15) is 8.42 Å². The summed E-state index contributed by atoms with van der Waals surface area (Å²) in [4.78, 5) is 9.56. The summed E-state index contributed by atoms with van der Waals surface area (Å²) in [5.41, 5.74) is 0. The van der Waals surface area contributed by atoms with Crippen molar-refractivity contribution in [2.24, 2.45) is 0 Å². The fourth-order valence-corrected chi connectivity index (χ4v) is 2.88. The van der Waals surface area contributed by atoms with Crippen molar-refractivity contribution in [1.29, 1.82) is 0 Å². The first-order valence-corrected chi connectivity index (χ1v) is 8.94. The molecule has 7 heteroatoms. The fraction of sp³-hybridized carbons (Fsp3) is 0.500. The van der Waals surface area contributed by atoms with Crippen LogP contribution in [0.4, 0.5) is 5.82 Å². The quantitative estimate of drug-likeness (QED) is 0.919.